The van der Waals surface area contributed by atoms with Gasteiger partial charge in [-0.3, -0.25) is 6.29 Å². The van der Waals surface area contributed by atoms with Gasteiger partial charge in [-0.15, -0.1) is 0 Å². The SMILES string of the molecule is C[C-]=O.[Br][Al]([Br])[Br].[C-]#[O+].[C-]#[O+].[C-]#[O+].[C-]#[O+].[C-]#[O+].[Mn]. The summed E-state index contributed by atoms with van der Waals surface area (Å²) in [5, 5.41) is 0. The monoisotopic (exact) mass is 502 g/mol. The summed E-state index contributed by atoms with van der Waals surface area (Å²) in [4.78, 5) is 8.68. The molecule has 0 saturated carbocycles. The van der Waals surface area contributed by atoms with Gasteiger partial charge in [0, 0.05) is 17.1 Å². The first kappa shape index (κ1) is 51.0. The maximum atomic E-state index is 8.68. The second-order valence-corrected chi connectivity index (χ2v) is 20.2. The van der Waals surface area contributed by atoms with Crippen LogP contribution in [0, 0.1) is 33.3 Å². The molecule has 18 heavy (non-hydrogen) atoms. The van der Waals surface area contributed by atoms with Crippen LogP contribution >= 0.6 is 42.2 Å². The Labute approximate surface area is 141 Å². The minimum Gasteiger partial charge on any atom is 0 e. The molecule has 0 N–H and O–H groups in total. The molecule has 0 aliphatic heterocycles. The fourth-order valence-electron chi connectivity index (χ4n) is 0. The molecular formula is C7H3AlBr3MnO6-. The Hall–Kier alpha value is 0.862. The van der Waals surface area contributed by atoms with Gasteiger partial charge in [0.15, 0.2) is 0 Å². The van der Waals surface area contributed by atoms with Gasteiger partial charge in [-0.05, 0) is 0 Å². The van der Waals surface area contributed by atoms with Gasteiger partial charge in [0.1, 0.15) is 0 Å². The summed E-state index contributed by atoms with van der Waals surface area (Å²) in [7, 11) is -0.701. The van der Waals surface area contributed by atoms with E-state index in [0.29, 0.717) is 0 Å². The van der Waals surface area contributed by atoms with Crippen LogP contribution in [0.25, 0.3) is 0 Å². The summed E-state index contributed by atoms with van der Waals surface area (Å²) in [5.41, 5.74) is 0. The summed E-state index contributed by atoms with van der Waals surface area (Å²) in [6.07, 6.45) is 1.50. The fourth-order valence-corrected chi connectivity index (χ4v) is 0. The molecule has 1 radical (unpaired) electrons. The number of halogens is 3. The summed E-state index contributed by atoms with van der Waals surface area (Å²) >= 11 is 9.73. The molecule has 0 heterocycles. The maximum absolute atomic E-state index is 8.68. The fraction of sp³-hybridized carbons (Fsp3) is 0.143. The van der Waals surface area contributed by atoms with Crippen LogP contribution in [0.4, 0.5) is 0 Å². The maximum Gasteiger partial charge on any atom is 0 e. The Kier molecular flexibility index (Phi) is 609. The van der Waals surface area contributed by atoms with Crippen LogP contribution in [-0.4, -0.2) is 15.0 Å². The van der Waals surface area contributed by atoms with Crippen LogP contribution in [0.1, 0.15) is 6.92 Å². The van der Waals surface area contributed by atoms with Crippen molar-refractivity contribution < 1.29 is 45.1 Å². The average Bonchev–Trinajstić information content (AvgIpc) is 2.41. The van der Waals surface area contributed by atoms with E-state index in [4.69, 9.17) is 28.1 Å². The van der Waals surface area contributed by atoms with E-state index >= 15 is 0 Å². The molecule has 0 aliphatic rings. The van der Waals surface area contributed by atoms with Gasteiger partial charge in [0.2, 0.25) is 0 Å². The van der Waals surface area contributed by atoms with E-state index in [1.165, 1.54) is 13.2 Å². The number of hydrogen-bond donors (Lipinski definition) is 0. The van der Waals surface area contributed by atoms with Crippen LogP contribution in [0.5, 0.6) is 0 Å². The minimum absolute atomic E-state index is 0. The first-order valence-corrected chi connectivity index (χ1v) is 11.9. The van der Waals surface area contributed by atoms with Crippen LogP contribution in [0.3, 0.4) is 0 Å². The third-order valence-electron chi connectivity index (χ3n) is 0. The van der Waals surface area contributed by atoms with Gasteiger partial charge in [-0.2, -0.15) is 49.1 Å². The predicted octanol–water partition coefficient (Wildman–Crippen LogP) is 2.08. The second-order valence-electron chi connectivity index (χ2n) is 0.452. The van der Waals surface area contributed by atoms with Crippen molar-refractivity contribution in [3.63, 3.8) is 0 Å². The molecule has 0 aromatic carbocycles. The standard InChI is InChI=1S/C2H3O.5CO.Al.3BrH.Mn/c1-2-3;5*1-2;;;;;/h1H3;;;;;;;3*1H;/q-1;;;;;;+3;;;;/p-3. The molecule has 0 fully saturated rings. The summed E-state index contributed by atoms with van der Waals surface area (Å²) in [5.74, 6) is 0. The molecule has 99 valence electrons. The normalized spacial score (nSPS) is 2.78. The molecule has 0 atom stereocenters. The van der Waals surface area contributed by atoms with Gasteiger partial charge in [-0.25, -0.2) is 0 Å². The quantitative estimate of drug-likeness (QED) is 0.280. The second kappa shape index (κ2) is 215. The molecule has 0 spiro atoms. The Morgan fingerprint density at radius 3 is 0.778 bits per heavy atom. The summed E-state index contributed by atoms with van der Waals surface area (Å²) in [6.45, 7) is 23.8. The van der Waals surface area contributed by atoms with Crippen LogP contribution < -0.4 is 0 Å². The van der Waals surface area contributed by atoms with Crippen molar-refractivity contribution in [1.29, 1.82) is 0 Å². The van der Waals surface area contributed by atoms with Crippen LogP contribution in [0.15, 0.2) is 0 Å². The molecule has 0 bridgehead atoms. The summed E-state index contributed by atoms with van der Waals surface area (Å²) < 4.78 is 37.5. The Morgan fingerprint density at radius 2 is 0.778 bits per heavy atom. The third-order valence-corrected chi connectivity index (χ3v) is 0. The third kappa shape index (κ3) is 5710. The Bertz CT molecular complexity index is 154. The zero-order valence-electron chi connectivity index (χ0n) is 8.54. The molecule has 0 amide bonds. The molecular weight excluding hydrogens is 502 g/mol. The van der Waals surface area contributed by atoms with Gasteiger partial charge in [-0.1, -0.05) is 0 Å². The van der Waals surface area contributed by atoms with E-state index in [2.05, 4.69) is 75.4 Å². The van der Waals surface area contributed by atoms with Crippen molar-refractivity contribution in [2.45, 2.75) is 6.92 Å². The van der Waals surface area contributed by atoms with Crippen molar-refractivity contribution in [2.75, 3.05) is 0 Å². The topological polar surface area (TPSA) is 117 Å². The first-order valence-electron chi connectivity index (χ1n) is 2.38. The van der Waals surface area contributed by atoms with Crippen molar-refractivity contribution in [1.82, 2.24) is 0 Å². The van der Waals surface area contributed by atoms with Crippen LogP contribution in [0.2, 0.25) is 0 Å². The van der Waals surface area contributed by atoms with E-state index in [-0.39, 0.29) is 17.1 Å². The van der Waals surface area contributed by atoms with E-state index in [1.807, 2.05) is 0 Å². The van der Waals surface area contributed by atoms with Crippen molar-refractivity contribution in [3.05, 3.63) is 33.3 Å². The number of rotatable bonds is 0. The van der Waals surface area contributed by atoms with Gasteiger partial charge in [0.25, 0.3) is 0 Å². The van der Waals surface area contributed by atoms with Crippen molar-refractivity contribution in [3.8, 4) is 0 Å². The van der Waals surface area contributed by atoms with Crippen molar-refractivity contribution in [2.24, 2.45) is 0 Å². The Balaban J connectivity index is -0.0000000110. The molecule has 0 aromatic rings. The zero-order chi connectivity index (χ0) is 16.3. The summed E-state index contributed by atoms with van der Waals surface area (Å²) in [6, 6.07) is 0. The zero-order valence-corrected chi connectivity index (χ0v) is 15.6. The number of hydrogen-bond acceptors (Lipinski definition) is 1. The van der Waals surface area contributed by atoms with Gasteiger partial charge < -0.3 is 4.79 Å². The largest absolute Gasteiger partial charge is 0 e. The first-order chi connectivity index (χ1) is 8.15. The predicted molar refractivity (Wildman–Crippen MR) is 63.6 cm³/mol. The minimum atomic E-state index is -0.701. The van der Waals surface area contributed by atoms with Crippen molar-refractivity contribution >= 4 is 57.1 Å². The molecule has 0 aliphatic carbocycles. The molecule has 0 unspecified atom stereocenters. The van der Waals surface area contributed by atoms with E-state index in [0.717, 1.165) is 0 Å². The smallest absolute Gasteiger partial charge is 0 e. The van der Waals surface area contributed by atoms with E-state index in [9.17, 15) is 0 Å². The van der Waals surface area contributed by atoms with Gasteiger partial charge in [0.05, 0.1) is 0 Å². The molecule has 0 saturated heterocycles. The molecule has 0 aromatic heterocycles. The Morgan fingerprint density at radius 1 is 0.778 bits per heavy atom. The molecule has 0 rings (SSSR count). The van der Waals surface area contributed by atoms with Crippen LogP contribution in [-0.2, 0) is 45.1 Å². The van der Waals surface area contributed by atoms with E-state index in [1.54, 1.807) is 0 Å². The number of carbonyl (C=O) groups excluding carboxylic acids is 1. The molecule has 11 heteroatoms. The van der Waals surface area contributed by atoms with E-state index < -0.39 is 8.67 Å². The average molecular weight is 505 g/mol. The molecule has 6 nitrogen and oxygen atoms in total. The van der Waals surface area contributed by atoms with Gasteiger partial charge >= 0.3 is 65.2 Å².